The largest absolute Gasteiger partial charge is 0.497 e. The maximum Gasteiger partial charge on any atom is 0.261 e. The third kappa shape index (κ3) is 3.41. The number of anilines is 1. The van der Waals surface area contributed by atoms with Crippen LogP contribution >= 0.6 is 0 Å². The molecular weight excluding hydrogens is 326 g/mol. The van der Waals surface area contributed by atoms with Crippen LogP contribution < -0.4 is 9.46 Å². The first-order valence-corrected chi connectivity index (χ1v) is 8.75. The Morgan fingerprint density at radius 3 is 2.46 bits per heavy atom. The summed E-state index contributed by atoms with van der Waals surface area (Å²) in [6, 6.07) is 15.2. The number of rotatable bonds is 5. The average molecular weight is 343 g/mol. The van der Waals surface area contributed by atoms with E-state index in [0.717, 1.165) is 17.0 Å². The van der Waals surface area contributed by atoms with Crippen LogP contribution in [0.15, 0.2) is 59.5 Å². The van der Waals surface area contributed by atoms with Crippen molar-refractivity contribution in [2.45, 2.75) is 11.8 Å². The molecule has 0 bridgehead atoms. The van der Waals surface area contributed by atoms with Crippen LogP contribution in [0, 0.1) is 6.92 Å². The third-order valence-electron chi connectivity index (χ3n) is 3.49. The molecule has 0 radical (unpaired) electrons. The Bertz CT molecular complexity index is 947. The van der Waals surface area contributed by atoms with E-state index in [1.165, 1.54) is 19.2 Å². The SMILES string of the molecule is COc1ccc(S(=O)(=O)Nc2cccc(-c3cc(C)[nH]n3)c2)cc1. The quantitative estimate of drug-likeness (QED) is 0.745. The van der Waals surface area contributed by atoms with Gasteiger partial charge in [-0.3, -0.25) is 9.82 Å². The molecule has 24 heavy (non-hydrogen) atoms. The van der Waals surface area contributed by atoms with E-state index in [0.29, 0.717) is 11.4 Å². The number of nitrogens with one attached hydrogen (secondary N) is 2. The number of methoxy groups -OCH3 is 1. The lowest BCUT2D eigenvalue weighted by molar-refractivity contribution is 0.414. The van der Waals surface area contributed by atoms with Crippen LogP contribution in [-0.4, -0.2) is 25.7 Å². The summed E-state index contributed by atoms with van der Waals surface area (Å²) in [5.74, 6) is 0.602. The van der Waals surface area contributed by atoms with Gasteiger partial charge < -0.3 is 4.74 Å². The molecule has 0 amide bonds. The number of sulfonamides is 1. The molecule has 0 spiro atoms. The van der Waals surface area contributed by atoms with Gasteiger partial charge in [-0.2, -0.15) is 5.10 Å². The fourth-order valence-corrected chi connectivity index (χ4v) is 3.33. The summed E-state index contributed by atoms with van der Waals surface area (Å²) >= 11 is 0. The summed E-state index contributed by atoms with van der Waals surface area (Å²) in [7, 11) is -2.13. The summed E-state index contributed by atoms with van der Waals surface area (Å²) in [5.41, 5.74) is 3.01. The zero-order valence-corrected chi connectivity index (χ0v) is 14.1. The topological polar surface area (TPSA) is 84.1 Å². The Hall–Kier alpha value is -2.80. The van der Waals surface area contributed by atoms with E-state index >= 15 is 0 Å². The summed E-state index contributed by atoms with van der Waals surface area (Å²) in [6.07, 6.45) is 0. The van der Waals surface area contributed by atoms with Gasteiger partial charge in [0.2, 0.25) is 0 Å². The van der Waals surface area contributed by atoms with E-state index in [9.17, 15) is 8.42 Å². The number of H-pyrrole nitrogens is 1. The van der Waals surface area contributed by atoms with E-state index in [2.05, 4.69) is 14.9 Å². The summed E-state index contributed by atoms with van der Waals surface area (Å²) in [5, 5.41) is 7.06. The number of nitrogens with zero attached hydrogens (tertiary/aromatic N) is 1. The Labute approximate surface area is 140 Å². The molecule has 6 nitrogen and oxygen atoms in total. The zero-order chi connectivity index (χ0) is 17.2. The Morgan fingerprint density at radius 2 is 1.83 bits per heavy atom. The van der Waals surface area contributed by atoms with Gasteiger partial charge >= 0.3 is 0 Å². The van der Waals surface area contributed by atoms with Crippen LogP contribution in [-0.2, 0) is 10.0 Å². The highest BCUT2D eigenvalue weighted by Crippen LogP contribution is 2.24. The smallest absolute Gasteiger partial charge is 0.261 e. The lowest BCUT2D eigenvalue weighted by atomic mass is 10.1. The van der Waals surface area contributed by atoms with Gasteiger partial charge in [0.1, 0.15) is 5.75 Å². The number of hydrogen-bond acceptors (Lipinski definition) is 4. The summed E-state index contributed by atoms with van der Waals surface area (Å²) in [6.45, 7) is 1.91. The summed E-state index contributed by atoms with van der Waals surface area (Å²) < 4.78 is 32.6. The second-order valence-electron chi connectivity index (χ2n) is 5.30. The van der Waals surface area contributed by atoms with Gasteiger partial charge in [-0.15, -0.1) is 0 Å². The first kappa shape index (κ1) is 16.1. The molecular formula is C17H17N3O3S. The highest BCUT2D eigenvalue weighted by atomic mass is 32.2. The van der Waals surface area contributed by atoms with Gasteiger partial charge in [0.15, 0.2) is 0 Å². The molecule has 0 atom stereocenters. The summed E-state index contributed by atoms with van der Waals surface area (Å²) in [4.78, 5) is 0.171. The maximum absolute atomic E-state index is 12.5. The maximum atomic E-state index is 12.5. The van der Waals surface area contributed by atoms with Crippen LogP contribution in [0.4, 0.5) is 5.69 Å². The molecule has 124 valence electrons. The molecule has 2 aromatic carbocycles. The number of aromatic amines is 1. The molecule has 1 aromatic heterocycles. The van der Waals surface area contributed by atoms with Crippen molar-refractivity contribution >= 4 is 15.7 Å². The monoisotopic (exact) mass is 343 g/mol. The molecule has 3 aromatic rings. The minimum absolute atomic E-state index is 0.171. The zero-order valence-electron chi connectivity index (χ0n) is 13.3. The van der Waals surface area contributed by atoms with Gasteiger partial charge in [-0.25, -0.2) is 8.42 Å². The van der Waals surface area contributed by atoms with Crippen LogP contribution in [0.25, 0.3) is 11.3 Å². The fraction of sp³-hybridized carbons (Fsp3) is 0.118. The van der Waals surface area contributed by atoms with Gasteiger partial charge in [0.05, 0.1) is 17.7 Å². The molecule has 0 aliphatic rings. The standard InChI is InChI=1S/C17H17N3O3S/c1-12-10-17(19-18-12)13-4-3-5-14(11-13)20-24(21,22)16-8-6-15(23-2)7-9-16/h3-11,20H,1-2H3,(H,18,19). The van der Waals surface area contributed by atoms with Crippen molar-refractivity contribution in [2.75, 3.05) is 11.8 Å². The van der Waals surface area contributed by atoms with Crippen molar-refractivity contribution in [3.63, 3.8) is 0 Å². The van der Waals surface area contributed by atoms with E-state index in [1.807, 2.05) is 19.1 Å². The lowest BCUT2D eigenvalue weighted by Crippen LogP contribution is -2.12. The van der Waals surface area contributed by atoms with Crippen molar-refractivity contribution in [3.8, 4) is 17.0 Å². The molecule has 2 N–H and O–H groups in total. The number of aromatic nitrogens is 2. The van der Waals surface area contributed by atoms with Gasteiger partial charge in [0.25, 0.3) is 10.0 Å². The highest BCUT2D eigenvalue weighted by molar-refractivity contribution is 7.92. The average Bonchev–Trinajstić information content (AvgIpc) is 3.01. The van der Waals surface area contributed by atoms with E-state index < -0.39 is 10.0 Å². The lowest BCUT2D eigenvalue weighted by Gasteiger charge is -2.09. The molecule has 3 rings (SSSR count). The normalized spacial score (nSPS) is 11.2. The minimum Gasteiger partial charge on any atom is -0.497 e. The van der Waals surface area contributed by atoms with Crippen LogP contribution in [0.3, 0.4) is 0 Å². The predicted molar refractivity (Wildman–Crippen MR) is 92.6 cm³/mol. The number of aryl methyl sites for hydroxylation is 1. The third-order valence-corrected chi connectivity index (χ3v) is 4.88. The van der Waals surface area contributed by atoms with Gasteiger partial charge in [0, 0.05) is 16.9 Å². The van der Waals surface area contributed by atoms with Gasteiger partial charge in [-0.1, -0.05) is 12.1 Å². The number of ether oxygens (including phenoxy) is 1. The van der Waals surface area contributed by atoms with Gasteiger partial charge in [-0.05, 0) is 49.4 Å². The van der Waals surface area contributed by atoms with Crippen molar-refractivity contribution in [2.24, 2.45) is 0 Å². The van der Waals surface area contributed by atoms with Crippen LogP contribution in [0.1, 0.15) is 5.69 Å². The van der Waals surface area contributed by atoms with E-state index in [4.69, 9.17) is 4.74 Å². The van der Waals surface area contributed by atoms with Crippen molar-refractivity contribution in [1.82, 2.24) is 10.2 Å². The Balaban J connectivity index is 1.87. The van der Waals surface area contributed by atoms with Crippen LogP contribution in [0.2, 0.25) is 0 Å². The molecule has 0 aliphatic heterocycles. The number of benzene rings is 2. The second kappa shape index (κ2) is 6.37. The fourth-order valence-electron chi connectivity index (χ4n) is 2.28. The Morgan fingerprint density at radius 1 is 1.08 bits per heavy atom. The van der Waals surface area contributed by atoms with E-state index in [1.54, 1.807) is 30.3 Å². The molecule has 0 fully saturated rings. The predicted octanol–water partition coefficient (Wildman–Crippen LogP) is 3.19. The molecule has 0 saturated heterocycles. The van der Waals surface area contributed by atoms with Crippen LogP contribution in [0.5, 0.6) is 5.75 Å². The number of hydrogen-bond donors (Lipinski definition) is 2. The molecule has 0 saturated carbocycles. The van der Waals surface area contributed by atoms with Crippen molar-refractivity contribution < 1.29 is 13.2 Å². The first-order valence-electron chi connectivity index (χ1n) is 7.27. The Kier molecular flexibility index (Phi) is 4.26. The second-order valence-corrected chi connectivity index (χ2v) is 6.98. The highest BCUT2D eigenvalue weighted by Gasteiger charge is 2.14. The molecule has 1 heterocycles. The first-order chi connectivity index (χ1) is 11.5. The van der Waals surface area contributed by atoms with Crippen molar-refractivity contribution in [3.05, 3.63) is 60.3 Å². The molecule has 7 heteroatoms. The molecule has 0 unspecified atom stereocenters. The van der Waals surface area contributed by atoms with E-state index in [-0.39, 0.29) is 4.90 Å². The molecule has 0 aliphatic carbocycles. The van der Waals surface area contributed by atoms with Crippen molar-refractivity contribution in [1.29, 1.82) is 0 Å². The minimum atomic E-state index is -3.67.